The summed E-state index contributed by atoms with van der Waals surface area (Å²) in [6.45, 7) is 3.83. The van der Waals surface area contributed by atoms with Crippen molar-refractivity contribution in [2.75, 3.05) is 0 Å². The first-order valence-corrected chi connectivity index (χ1v) is 12.6. The molecular weight excluding hydrogens is 482 g/mol. The zero-order valence-corrected chi connectivity index (χ0v) is 21.0. The third-order valence-corrected chi connectivity index (χ3v) is 7.28. The van der Waals surface area contributed by atoms with Crippen LogP contribution < -0.4 is 4.74 Å². The Bertz CT molecular complexity index is 1400. The highest BCUT2D eigenvalue weighted by atomic mass is 35.5. The van der Waals surface area contributed by atoms with Gasteiger partial charge >= 0.3 is 0 Å². The predicted octanol–water partition coefficient (Wildman–Crippen LogP) is 8.09. The summed E-state index contributed by atoms with van der Waals surface area (Å²) >= 11 is 6.13. The second kappa shape index (κ2) is 10.0. The van der Waals surface area contributed by atoms with E-state index in [1.54, 1.807) is 28.9 Å². The van der Waals surface area contributed by atoms with Gasteiger partial charge in [0, 0.05) is 28.0 Å². The van der Waals surface area contributed by atoms with Crippen LogP contribution in [0.5, 0.6) is 5.75 Å². The van der Waals surface area contributed by atoms with Crippen molar-refractivity contribution in [1.82, 2.24) is 9.78 Å². The zero-order valence-electron chi connectivity index (χ0n) is 20.2. The number of aromatic nitrogens is 2. The first-order valence-electron chi connectivity index (χ1n) is 12.2. The lowest BCUT2D eigenvalue weighted by Gasteiger charge is -2.32. The largest absolute Gasteiger partial charge is 0.483 e. The number of carbonyl (C=O) groups is 1. The first kappa shape index (κ1) is 24.4. The summed E-state index contributed by atoms with van der Waals surface area (Å²) in [5.74, 6) is -1.02. The Labute approximate surface area is 213 Å². The van der Waals surface area contributed by atoms with Gasteiger partial charge in [-0.3, -0.25) is 4.79 Å². The molecule has 1 aliphatic rings. The molecule has 0 radical (unpaired) electrons. The Morgan fingerprint density at radius 2 is 1.64 bits per heavy atom. The van der Waals surface area contributed by atoms with Gasteiger partial charge in [-0.25, -0.2) is 13.5 Å². The average molecular weight is 509 g/mol. The molecule has 1 aromatic heterocycles. The van der Waals surface area contributed by atoms with Crippen LogP contribution in [-0.2, 0) is 0 Å². The molecule has 0 bridgehead atoms. The Kier molecular flexibility index (Phi) is 6.80. The van der Waals surface area contributed by atoms with E-state index in [1.807, 2.05) is 26.0 Å². The highest BCUT2D eigenvalue weighted by Gasteiger charge is 2.33. The summed E-state index contributed by atoms with van der Waals surface area (Å²) < 4.78 is 37.3. The van der Waals surface area contributed by atoms with Crippen molar-refractivity contribution in [3.05, 3.63) is 87.6 Å². The summed E-state index contributed by atoms with van der Waals surface area (Å²) in [6, 6.07) is 13.1. The number of rotatable bonds is 6. The molecule has 4 aromatic rings. The molecule has 186 valence electrons. The van der Waals surface area contributed by atoms with Gasteiger partial charge in [-0.15, -0.1) is 0 Å². The lowest BCUT2D eigenvalue weighted by Crippen LogP contribution is -2.25. The van der Waals surface area contributed by atoms with Crippen LogP contribution in [0.3, 0.4) is 0 Å². The summed E-state index contributed by atoms with van der Waals surface area (Å²) in [5.41, 5.74) is 4.03. The van der Waals surface area contributed by atoms with Crippen LogP contribution >= 0.6 is 11.6 Å². The number of ether oxygens (including phenoxy) is 1. The molecule has 0 spiro atoms. The van der Waals surface area contributed by atoms with Crippen molar-refractivity contribution < 1.29 is 18.3 Å². The molecule has 1 fully saturated rings. The molecule has 4 nitrogen and oxygen atoms in total. The van der Waals surface area contributed by atoms with Crippen molar-refractivity contribution in [2.45, 2.75) is 52.1 Å². The van der Waals surface area contributed by atoms with Crippen molar-refractivity contribution in [2.24, 2.45) is 5.92 Å². The Morgan fingerprint density at radius 3 is 2.28 bits per heavy atom. The van der Waals surface area contributed by atoms with Gasteiger partial charge in [0.05, 0.1) is 16.9 Å². The number of hydrogen-bond acceptors (Lipinski definition) is 3. The summed E-state index contributed by atoms with van der Waals surface area (Å²) in [5, 5.41) is 5.78. The van der Waals surface area contributed by atoms with E-state index in [4.69, 9.17) is 16.3 Å². The van der Waals surface area contributed by atoms with E-state index in [0.29, 0.717) is 32.9 Å². The van der Waals surface area contributed by atoms with Crippen LogP contribution in [0.1, 0.15) is 65.4 Å². The summed E-state index contributed by atoms with van der Waals surface area (Å²) in [7, 11) is 0. The summed E-state index contributed by atoms with van der Waals surface area (Å²) in [4.78, 5) is 11.4. The Balaban J connectivity index is 1.74. The number of benzene rings is 3. The van der Waals surface area contributed by atoms with Crippen molar-refractivity contribution >= 4 is 28.8 Å². The van der Waals surface area contributed by atoms with Gasteiger partial charge in [0.25, 0.3) is 0 Å². The quantitative estimate of drug-likeness (QED) is 0.247. The fourth-order valence-electron chi connectivity index (χ4n) is 5.33. The van der Waals surface area contributed by atoms with E-state index in [2.05, 4.69) is 5.10 Å². The van der Waals surface area contributed by atoms with Crippen molar-refractivity contribution in [3.63, 3.8) is 0 Å². The maximum atomic E-state index is 14.5. The smallest absolute Gasteiger partial charge is 0.161 e. The average Bonchev–Trinajstić information content (AvgIpc) is 3.22. The van der Waals surface area contributed by atoms with Crippen LogP contribution in [-0.4, -0.2) is 16.1 Å². The molecule has 5 rings (SSSR count). The number of fused-ring (bicyclic) bond motifs is 1. The van der Waals surface area contributed by atoms with Gasteiger partial charge in [-0.2, -0.15) is 5.10 Å². The van der Waals surface area contributed by atoms with E-state index in [1.165, 1.54) is 6.07 Å². The highest BCUT2D eigenvalue weighted by Crippen LogP contribution is 2.42. The molecule has 1 atom stereocenters. The number of hydrogen-bond donors (Lipinski definition) is 0. The number of carbonyl (C=O) groups excluding carboxylic acids is 1. The lowest BCUT2D eigenvalue weighted by atomic mass is 9.83. The molecule has 7 heteroatoms. The van der Waals surface area contributed by atoms with Crippen LogP contribution in [0.2, 0.25) is 5.02 Å². The monoisotopic (exact) mass is 508 g/mol. The molecule has 1 saturated carbocycles. The molecule has 36 heavy (non-hydrogen) atoms. The van der Waals surface area contributed by atoms with Crippen LogP contribution in [0.4, 0.5) is 8.78 Å². The van der Waals surface area contributed by atoms with E-state index in [0.717, 1.165) is 61.3 Å². The van der Waals surface area contributed by atoms with E-state index in [9.17, 15) is 13.6 Å². The molecule has 0 saturated heterocycles. The normalized spacial score (nSPS) is 15.2. The van der Waals surface area contributed by atoms with Gasteiger partial charge in [0.15, 0.2) is 11.6 Å². The lowest BCUT2D eigenvalue weighted by molar-refractivity contribution is 0.102. The minimum atomic E-state index is -0.943. The molecule has 0 amide bonds. The summed E-state index contributed by atoms with van der Waals surface area (Å²) in [6.07, 6.45) is 5.56. The maximum Gasteiger partial charge on any atom is 0.161 e. The Morgan fingerprint density at radius 1 is 1.00 bits per heavy atom. The van der Waals surface area contributed by atoms with E-state index >= 15 is 0 Å². The van der Waals surface area contributed by atoms with Crippen LogP contribution in [0, 0.1) is 31.4 Å². The Hall–Kier alpha value is -3.25. The molecule has 0 aliphatic heterocycles. The standard InChI is InChI=1S/C29H27ClF2N2O2/c1-17-12-19(16-35)13-18(2)28(17)36-29(20-6-4-3-5-7-20)27-23-14-24(31)25(32)15-26(23)33-34(27)22-10-8-21(30)9-11-22/h8-16,20,29H,3-7H2,1-2H3. The molecule has 0 N–H and O–H groups in total. The number of nitrogens with zero attached hydrogens (tertiary/aromatic N) is 2. The molecular formula is C29H27ClF2N2O2. The minimum absolute atomic E-state index is 0.155. The van der Waals surface area contributed by atoms with Gasteiger partial charge in [0.1, 0.15) is 18.1 Å². The fraction of sp³-hybridized carbons (Fsp3) is 0.310. The van der Waals surface area contributed by atoms with Crippen molar-refractivity contribution in [1.29, 1.82) is 0 Å². The van der Waals surface area contributed by atoms with Crippen molar-refractivity contribution in [3.8, 4) is 11.4 Å². The van der Waals surface area contributed by atoms with Crippen LogP contribution in [0.25, 0.3) is 16.6 Å². The van der Waals surface area contributed by atoms with Gasteiger partial charge in [0.2, 0.25) is 0 Å². The first-order chi connectivity index (χ1) is 17.4. The maximum absolute atomic E-state index is 14.5. The molecule has 1 aliphatic carbocycles. The number of halogens is 3. The highest BCUT2D eigenvalue weighted by molar-refractivity contribution is 6.30. The second-order valence-electron chi connectivity index (χ2n) is 9.60. The predicted molar refractivity (Wildman–Crippen MR) is 137 cm³/mol. The molecule has 3 aromatic carbocycles. The van der Waals surface area contributed by atoms with Crippen LogP contribution in [0.15, 0.2) is 48.5 Å². The van der Waals surface area contributed by atoms with Gasteiger partial charge in [-0.1, -0.05) is 30.9 Å². The second-order valence-corrected chi connectivity index (χ2v) is 10.0. The number of aldehydes is 1. The van der Waals surface area contributed by atoms with E-state index in [-0.39, 0.29) is 5.92 Å². The fourth-order valence-corrected chi connectivity index (χ4v) is 5.46. The van der Waals surface area contributed by atoms with Gasteiger partial charge in [-0.05, 0) is 80.3 Å². The molecule has 1 heterocycles. The topological polar surface area (TPSA) is 44.1 Å². The molecule has 1 unspecified atom stereocenters. The SMILES string of the molecule is Cc1cc(C=O)cc(C)c1OC(c1c2cc(F)c(F)cc2nn1-c1ccc(Cl)cc1)C1CCCCC1. The minimum Gasteiger partial charge on any atom is -0.483 e. The van der Waals surface area contributed by atoms with E-state index < -0.39 is 17.7 Å². The van der Waals surface area contributed by atoms with Gasteiger partial charge < -0.3 is 4.74 Å². The third kappa shape index (κ3) is 4.62. The zero-order chi connectivity index (χ0) is 25.4. The third-order valence-electron chi connectivity index (χ3n) is 7.03. The number of aryl methyl sites for hydroxylation is 2.